The maximum absolute atomic E-state index is 8.88. The number of phosphoric acid groups is 1. The first-order valence-corrected chi connectivity index (χ1v) is 8.40. The Morgan fingerprint density at radius 2 is 0.909 bits per heavy atom. The molecular weight excluding hydrogens is 305 g/mol. The van der Waals surface area contributed by atoms with Gasteiger partial charge in [0.15, 0.2) is 0 Å². The van der Waals surface area contributed by atoms with Crippen LogP contribution in [0.5, 0.6) is 0 Å². The van der Waals surface area contributed by atoms with Gasteiger partial charge in [0.25, 0.3) is 0 Å². The van der Waals surface area contributed by atoms with Crippen LogP contribution < -0.4 is 0 Å². The zero-order chi connectivity index (χ0) is 19.4. The summed E-state index contributed by atoms with van der Waals surface area (Å²) in [7, 11) is 13.4. The Bertz CT molecular complexity index is 211. The molecule has 0 aliphatic carbocycles. The van der Waals surface area contributed by atoms with Gasteiger partial charge in [-0.25, -0.2) is 4.57 Å². The molecule has 0 atom stereocenters. The summed E-state index contributed by atoms with van der Waals surface area (Å²) in [5, 5.41) is 0. The van der Waals surface area contributed by atoms with Crippen LogP contribution in [0.1, 0.15) is 20.3 Å². The van der Waals surface area contributed by atoms with Crippen LogP contribution in [0.4, 0.5) is 0 Å². The lowest BCUT2D eigenvalue weighted by atomic mass is 10.4. The summed E-state index contributed by atoms with van der Waals surface area (Å²) in [6.45, 7) is 4.16. The van der Waals surface area contributed by atoms with Crippen LogP contribution in [0.25, 0.3) is 0 Å². The molecule has 0 aliphatic heterocycles. The summed E-state index contributed by atoms with van der Waals surface area (Å²) in [6.07, 6.45) is 5.34. The van der Waals surface area contributed by atoms with Crippen molar-refractivity contribution in [3.63, 3.8) is 0 Å². The van der Waals surface area contributed by atoms with Gasteiger partial charge in [0.1, 0.15) is 0 Å². The molecule has 7 nitrogen and oxygen atoms in total. The molecule has 22 heavy (non-hydrogen) atoms. The fraction of sp³-hybridized carbons (Fsp3) is 0.857. The fourth-order valence-electron chi connectivity index (χ4n) is 0.236. The van der Waals surface area contributed by atoms with E-state index < -0.39 is 7.82 Å². The van der Waals surface area contributed by atoms with Crippen LogP contribution in [0.15, 0.2) is 12.2 Å². The number of nitrogens with zero attached hydrogens (tertiary/aromatic N) is 3. The van der Waals surface area contributed by atoms with Gasteiger partial charge in [0, 0.05) is 0 Å². The zero-order valence-electron chi connectivity index (χ0n) is 16.4. The Kier molecular flexibility index (Phi) is 38.9. The molecule has 0 aromatic rings. The maximum Gasteiger partial charge on any atom is 0.466 e. The van der Waals surface area contributed by atoms with E-state index in [9.17, 15) is 0 Å². The molecule has 0 spiro atoms. The minimum absolute atomic E-state index is 1.16. The lowest BCUT2D eigenvalue weighted by molar-refractivity contribution is 0.275. The highest BCUT2D eigenvalue weighted by molar-refractivity contribution is 7.45. The smallest absolute Gasteiger partial charge is 0.312 e. The highest BCUT2D eigenvalue weighted by Crippen LogP contribution is 2.25. The Hall–Kier alpha value is -0.270. The van der Waals surface area contributed by atoms with Gasteiger partial charge >= 0.3 is 7.82 Å². The van der Waals surface area contributed by atoms with Crippen molar-refractivity contribution in [3.05, 3.63) is 12.2 Å². The molecule has 0 saturated carbocycles. The van der Waals surface area contributed by atoms with E-state index >= 15 is 0 Å². The van der Waals surface area contributed by atoms with Gasteiger partial charge < -0.3 is 29.4 Å². The molecule has 0 heterocycles. The minimum atomic E-state index is -4.64. The van der Waals surface area contributed by atoms with Crippen molar-refractivity contribution in [2.75, 3.05) is 63.4 Å². The average molecular weight is 345 g/mol. The Morgan fingerprint density at radius 1 is 0.773 bits per heavy atom. The second-order valence-electron chi connectivity index (χ2n) is 5.52. The number of hydrogen-bond donors (Lipinski definition) is 3. The minimum Gasteiger partial charge on any atom is -0.312 e. The molecule has 0 saturated heterocycles. The molecule has 0 radical (unpaired) electrons. The van der Waals surface area contributed by atoms with Crippen LogP contribution in [-0.4, -0.2) is 92.8 Å². The second-order valence-corrected chi connectivity index (χ2v) is 6.54. The quantitative estimate of drug-likeness (QED) is 0.491. The summed E-state index contributed by atoms with van der Waals surface area (Å²) in [4.78, 5) is 27.6. The van der Waals surface area contributed by atoms with Crippen molar-refractivity contribution in [3.8, 4) is 0 Å². The van der Waals surface area contributed by atoms with Gasteiger partial charge in [-0.3, -0.25) is 0 Å². The Morgan fingerprint density at radius 3 is 0.909 bits per heavy atom. The van der Waals surface area contributed by atoms with E-state index in [0.717, 1.165) is 6.42 Å². The van der Waals surface area contributed by atoms with Gasteiger partial charge in [-0.1, -0.05) is 19.1 Å². The predicted octanol–water partition coefficient (Wildman–Crippen LogP) is 1.58. The van der Waals surface area contributed by atoms with Gasteiger partial charge in [0.2, 0.25) is 0 Å². The standard InChI is InChI=1S/C5H10.3C3H9N.H3O4P/c1-3-5-4-2;3*1-4(2)3;1-5(2,3)4/h3,5H,4H2,1-2H3;3*1-3H3;(H3,1,2,3,4). The Balaban J connectivity index is -0.0000000550. The molecule has 0 bridgehead atoms. The molecule has 8 heteroatoms. The maximum atomic E-state index is 8.88. The molecule has 0 aromatic carbocycles. The van der Waals surface area contributed by atoms with Crippen LogP contribution in [0.3, 0.4) is 0 Å². The third-order valence-corrected chi connectivity index (χ3v) is 0.471. The van der Waals surface area contributed by atoms with Crippen LogP contribution in [0, 0.1) is 0 Å². The zero-order valence-corrected chi connectivity index (χ0v) is 17.3. The topological polar surface area (TPSA) is 87.5 Å². The number of allylic oxidation sites excluding steroid dienone is 2. The molecular formula is C14H40N3O4P. The van der Waals surface area contributed by atoms with Gasteiger partial charge in [-0.05, 0) is 76.8 Å². The van der Waals surface area contributed by atoms with E-state index in [0.29, 0.717) is 0 Å². The lowest BCUT2D eigenvalue weighted by Crippen LogP contribution is -1.99. The first-order valence-electron chi connectivity index (χ1n) is 6.83. The van der Waals surface area contributed by atoms with Crippen LogP contribution >= 0.6 is 7.82 Å². The Labute approximate surface area is 138 Å². The van der Waals surface area contributed by atoms with Crippen molar-refractivity contribution >= 4 is 7.82 Å². The van der Waals surface area contributed by atoms with Crippen molar-refractivity contribution in [1.29, 1.82) is 0 Å². The largest absolute Gasteiger partial charge is 0.466 e. The summed E-state index contributed by atoms with van der Waals surface area (Å²) in [5.74, 6) is 0. The summed E-state index contributed by atoms with van der Waals surface area (Å²) in [5.41, 5.74) is 0. The molecule has 0 amide bonds. The van der Waals surface area contributed by atoms with Crippen LogP contribution in [0.2, 0.25) is 0 Å². The normalized spacial score (nSPS) is 9.86. The molecule has 0 rings (SSSR count). The average Bonchev–Trinajstić information content (AvgIpc) is 2.12. The SMILES string of the molecule is CC=CCC.CN(C)C.CN(C)C.CN(C)C.O=P(O)(O)O. The molecule has 0 unspecified atom stereocenters. The molecule has 0 aromatic heterocycles. The van der Waals surface area contributed by atoms with Crippen molar-refractivity contribution in [2.45, 2.75) is 20.3 Å². The highest BCUT2D eigenvalue weighted by Gasteiger charge is 2.00. The van der Waals surface area contributed by atoms with Crippen LogP contribution in [-0.2, 0) is 4.57 Å². The van der Waals surface area contributed by atoms with Crippen molar-refractivity contribution < 1.29 is 19.2 Å². The molecule has 3 N–H and O–H groups in total. The van der Waals surface area contributed by atoms with E-state index in [-0.39, 0.29) is 0 Å². The molecule has 140 valence electrons. The van der Waals surface area contributed by atoms with Gasteiger partial charge in [0.05, 0.1) is 0 Å². The van der Waals surface area contributed by atoms with E-state index in [1.54, 1.807) is 0 Å². The lowest BCUT2D eigenvalue weighted by Gasteiger charge is -1.90. The van der Waals surface area contributed by atoms with Gasteiger partial charge in [-0.15, -0.1) is 0 Å². The highest BCUT2D eigenvalue weighted by atomic mass is 31.2. The first kappa shape index (κ1) is 33.4. The van der Waals surface area contributed by atoms with Gasteiger partial charge in [-0.2, -0.15) is 0 Å². The summed E-state index contributed by atoms with van der Waals surface area (Å²) in [6, 6.07) is 0. The molecule has 0 aliphatic rings. The summed E-state index contributed by atoms with van der Waals surface area (Å²) < 4.78 is 8.88. The van der Waals surface area contributed by atoms with E-state index in [1.165, 1.54) is 0 Å². The molecule has 0 fully saturated rings. The van der Waals surface area contributed by atoms with Crippen molar-refractivity contribution in [1.82, 2.24) is 14.7 Å². The number of hydrogen-bond acceptors (Lipinski definition) is 4. The van der Waals surface area contributed by atoms with Crippen molar-refractivity contribution in [2.24, 2.45) is 0 Å². The third-order valence-electron chi connectivity index (χ3n) is 0.471. The fourth-order valence-corrected chi connectivity index (χ4v) is 0.236. The van der Waals surface area contributed by atoms with E-state index in [4.69, 9.17) is 19.2 Å². The van der Waals surface area contributed by atoms with E-state index in [2.05, 4.69) is 19.1 Å². The monoisotopic (exact) mass is 345 g/mol. The third kappa shape index (κ3) is 2310. The van der Waals surface area contributed by atoms with E-state index in [1.807, 2.05) is 85.1 Å². The predicted molar refractivity (Wildman–Crippen MR) is 98.2 cm³/mol. The first-order chi connectivity index (χ1) is 9.61. The second kappa shape index (κ2) is 25.7. The number of rotatable bonds is 1. The summed E-state index contributed by atoms with van der Waals surface area (Å²) >= 11 is 0.